The Morgan fingerprint density at radius 2 is 1.78 bits per heavy atom. The number of primary amides is 1. The van der Waals surface area contributed by atoms with Crippen molar-refractivity contribution in [1.29, 1.82) is 0 Å². The number of anilines is 2. The Labute approximate surface area is 106 Å². The summed E-state index contributed by atoms with van der Waals surface area (Å²) in [4.78, 5) is 22.5. The van der Waals surface area contributed by atoms with E-state index in [0.717, 1.165) is 0 Å². The average molecular weight is 250 g/mol. The highest BCUT2D eigenvalue weighted by atomic mass is 16.2. The van der Waals surface area contributed by atoms with Crippen LogP contribution in [0.4, 0.5) is 16.2 Å². The molecule has 6 nitrogen and oxygen atoms in total. The number of hydrogen-bond donors (Lipinski definition) is 4. The van der Waals surface area contributed by atoms with Crippen LogP contribution in [0.2, 0.25) is 0 Å². The molecule has 0 bridgehead atoms. The number of carbonyl (C=O) groups excluding carboxylic acids is 2. The van der Waals surface area contributed by atoms with Gasteiger partial charge in [-0.25, -0.2) is 4.79 Å². The summed E-state index contributed by atoms with van der Waals surface area (Å²) in [5, 5.41) is 5.31. The van der Waals surface area contributed by atoms with Crippen LogP contribution in [-0.4, -0.2) is 17.5 Å². The Morgan fingerprint density at radius 1 is 1.22 bits per heavy atom. The van der Waals surface area contributed by atoms with Gasteiger partial charge in [0.1, 0.15) is 0 Å². The van der Waals surface area contributed by atoms with Crippen molar-refractivity contribution in [1.82, 2.24) is 5.32 Å². The first kappa shape index (κ1) is 13.8. The number of amides is 3. The SMILES string of the molecule is CC(C)(CC(N)=O)NC(=O)Nc1ccc(N)cc1. The Bertz CT molecular complexity index is 440. The molecule has 0 spiro atoms. The van der Waals surface area contributed by atoms with Gasteiger partial charge in [-0.2, -0.15) is 0 Å². The van der Waals surface area contributed by atoms with Crippen LogP contribution < -0.4 is 22.1 Å². The number of carbonyl (C=O) groups is 2. The molecule has 0 saturated heterocycles. The van der Waals surface area contributed by atoms with Crippen molar-refractivity contribution in [3.63, 3.8) is 0 Å². The van der Waals surface area contributed by atoms with Crippen molar-refractivity contribution in [2.75, 3.05) is 11.1 Å². The maximum atomic E-state index is 11.7. The Morgan fingerprint density at radius 3 is 2.28 bits per heavy atom. The van der Waals surface area contributed by atoms with E-state index in [-0.39, 0.29) is 6.42 Å². The largest absolute Gasteiger partial charge is 0.399 e. The first-order chi connectivity index (χ1) is 8.28. The fraction of sp³-hybridized carbons (Fsp3) is 0.333. The summed E-state index contributed by atoms with van der Waals surface area (Å²) in [5.74, 6) is -0.465. The molecular formula is C12H18N4O2. The molecule has 6 heteroatoms. The average Bonchev–Trinajstić information content (AvgIpc) is 2.18. The lowest BCUT2D eigenvalue weighted by molar-refractivity contribution is -0.119. The number of urea groups is 1. The lowest BCUT2D eigenvalue weighted by Gasteiger charge is -2.24. The normalized spacial score (nSPS) is 10.8. The minimum Gasteiger partial charge on any atom is -0.399 e. The summed E-state index contributed by atoms with van der Waals surface area (Å²) in [6.45, 7) is 3.45. The molecule has 1 aromatic rings. The van der Waals surface area contributed by atoms with Gasteiger partial charge in [-0.15, -0.1) is 0 Å². The highest BCUT2D eigenvalue weighted by molar-refractivity contribution is 5.90. The number of benzene rings is 1. The first-order valence-corrected chi connectivity index (χ1v) is 5.51. The van der Waals surface area contributed by atoms with Crippen molar-refractivity contribution in [3.05, 3.63) is 24.3 Å². The Balaban J connectivity index is 2.56. The third-order valence-corrected chi connectivity index (χ3v) is 2.24. The van der Waals surface area contributed by atoms with Crippen LogP contribution in [0.5, 0.6) is 0 Å². The fourth-order valence-corrected chi connectivity index (χ4v) is 1.52. The van der Waals surface area contributed by atoms with Gasteiger partial charge in [0.05, 0.1) is 0 Å². The third kappa shape index (κ3) is 4.73. The van der Waals surface area contributed by atoms with E-state index in [1.807, 2.05) is 0 Å². The van der Waals surface area contributed by atoms with Gasteiger partial charge in [0.25, 0.3) is 0 Å². The van der Waals surface area contributed by atoms with Gasteiger partial charge in [0, 0.05) is 23.3 Å². The molecule has 6 N–H and O–H groups in total. The smallest absolute Gasteiger partial charge is 0.319 e. The lowest BCUT2D eigenvalue weighted by Crippen LogP contribution is -2.47. The fourth-order valence-electron chi connectivity index (χ4n) is 1.52. The van der Waals surface area contributed by atoms with Gasteiger partial charge in [-0.3, -0.25) is 4.79 Å². The van der Waals surface area contributed by atoms with E-state index in [4.69, 9.17) is 11.5 Å². The van der Waals surface area contributed by atoms with E-state index in [1.165, 1.54) is 0 Å². The second-order valence-corrected chi connectivity index (χ2v) is 4.73. The monoisotopic (exact) mass is 250 g/mol. The molecule has 0 aromatic heterocycles. The molecule has 0 saturated carbocycles. The topological polar surface area (TPSA) is 110 Å². The van der Waals surface area contributed by atoms with Gasteiger partial charge in [-0.1, -0.05) is 0 Å². The van der Waals surface area contributed by atoms with Crippen molar-refractivity contribution in [2.45, 2.75) is 25.8 Å². The minimum atomic E-state index is -0.691. The Kier molecular flexibility index (Phi) is 4.14. The summed E-state index contributed by atoms with van der Waals surface area (Å²) >= 11 is 0. The summed E-state index contributed by atoms with van der Waals surface area (Å²) in [7, 11) is 0. The van der Waals surface area contributed by atoms with Crippen LogP contribution >= 0.6 is 0 Å². The van der Waals surface area contributed by atoms with Crippen molar-refractivity contribution in [3.8, 4) is 0 Å². The summed E-state index contributed by atoms with van der Waals surface area (Å²) < 4.78 is 0. The molecule has 98 valence electrons. The predicted molar refractivity (Wildman–Crippen MR) is 70.9 cm³/mol. The van der Waals surface area contributed by atoms with Crippen molar-refractivity contribution >= 4 is 23.3 Å². The summed E-state index contributed by atoms with van der Waals surface area (Å²) in [5.41, 5.74) is 11.2. The Hall–Kier alpha value is -2.24. The highest BCUT2D eigenvalue weighted by Gasteiger charge is 2.22. The number of nitrogen functional groups attached to an aromatic ring is 1. The molecule has 0 radical (unpaired) electrons. The predicted octanol–water partition coefficient (Wildman–Crippen LogP) is 1.04. The zero-order chi connectivity index (χ0) is 13.8. The summed E-state index contributed by atoms with van der Waals surface area (Å²) in [6, 6.07) is 6.35. The van der Waals surface area contributed by atoms with Gasteiger partial charge in [-0.05, 0) is 38.1 Å². The molecule has 0 unspecified atom stereocenters. The number of nitrogens with two attached hydrogens (primary N) is 2. The van der Waals surface area contributed by atoms with E-state index in [2.05, 4.69) is 10.6 Å². The molecule has 18 heavy (non-hydrogen) atoms. The minimum absolute atomic E-state index is 0.0716. The van der Waals surface area contributed by atoms with Crippen LogP contribution in [0.1, 0.15) is 20.3 Å². The van der Waals surface area contributed by atoms with E-state index >= 15 is 0 Å². The van der Waals surface area contributed by atoms with Crippen LogP contribution in [0.3, 0.4) is 0 Å². The molecule has 0 aliphatic heterocycles. The number of hydrogen-bond acceptors (Lipinski definition) is 3. The van der Waals surface area contributed by atoms with Gasteiger partial charge >= 0.3 is 6.03 Å². The molecule has 3 amide bonds. The molecule has 0 heterocycles. The molecule has 0 aliphatic rings. The number of nitrogens with one attached hydrogen (secondary N) is 2. The third-order valence-electron chi connectivity index (χ3n) is 2.24. The quantitative estimate of drug-likeness (QED) is 0.599. The molecular weight excluding hydrogens is 232 g/mol. The van der Waals surface area contributed by atoms with Crippen LogP contribution in [0.25, 0.3) is 0 Å². The maximum absolute atomic E-state index is 11.7. The molecule has 0 aliphatic carbocycles. The van der Waals surface area contributed by atoms with E-state index in [9.17, 15) is 9.59 Å². The van der Waals surface area contributed by atoms with Crippen LogP contribution in [0.15, 0.2) is 24.3 Å². The van der Waals surface area contributed by atoms with Crippen molar-refractivity contribution in [2.24, 2.45) is 5.73 Å². The van der Waals surface area contributed by atoms with E-state index in [0.29, 0.717) is 11.4 Å². The second-order valence-electron chi connectivity index (χ2n) is 4.73. The van der Waals surface area contributed by atoms with Gasteiger partial charge < -0.3 is 22.1 Å². The molecule has 0 atom stereocenters. The second kappa shape index (κ2) is 5.39. The lowest BCUT2D eigenvalue weighted by atomic mass is 10.0. The zero-order valence-corrected chi connectivity index (χ0v) is 10.5. The molecule has 0 fully saturated rings. The number of rotatable bonds is 4. The highest BCUT2D eigenvalue weighted by Crippen LogP contribution is 2.12. The maximum Gasteiger partial charge on any atom is 0.319 e. The van der Waals surface area contributed by atoms with E-state index < -0.39 is 17.5 Å². The molecule has 1 rings (SSSR count). The van der Waals surface area contributed by atoms with Crippen LogP contribution in [0, 0.1) is 0 Å². The van der Waals surface area contributed by atoms with Gasteiger partial charge in [0.15, 0.2) is 0 Å². The molecule has 1 aromatic carbocycles. The standard InChI is InChI=1S/C12H18N4O2/c1-12(2,7-10(14)17)16-11(18)15-9-5-3-8(13)4-6-9/h3-6H,7,13H2,1-2H3,(H2,14,17)(H2,15,16,18). The van der Waals surface area contributed by atoms with Crippen LogP contribution in [-0.2, 0) is 4.79 Å². The first-order valence-electron chi connectivity index (χ1n) is 5.51. The van der Waals surface area contributed by atoms with E-state index in [1.54, 1.807) is 38.1 Å². The van der Waals surface area contributed by atoms with Gasteiger partial charge in [0.2, 0.25) is 5.91 Å². The van der Waals surface area contributed by atoms with Crippen molar-refractivity contribution < 1.29 is 9.59 Å². The summed E-state index contributed by atoms with van der Waals surface area (Å²) in [6.07, 6.45) is 0.0716. The zero-order valence-electron chi connectivity index (χ0n) is 10.5.